The zero-order valence-electron chi connectivity index (χ0n) is 9.28. The van der Waals surface area contributed by atoms with Crippen molar-refractivity contribution in [3.63, 3.8) is 0 Å². The van der Waals surface area contributed by atoms with Crippen LogP contribution < -0.4 is 0 Å². The SMILES string of the molecule is Cc1ccc(C(=O)OCCOC(C)C)s1. The Labute approximate surface area is 94.0 Å². The Hall–Kier alpha value is -0.870. The highest BCUT2D eigenvalue weighted by Gasteiger charge is 2.08. The van der Waals surface area contributed by atoms with Crippen LogP contribution in [0.5, 0.6) is 0 Å². The Morgan fingerprint density at radius 2 is 2.13 bits per heavy atom. The average molecular weight is 228 g/mol. The van der Waals surface area contributed by atoms with E-state index in [-0.39, 0.29) is 12.1 Å². The van der Waals surface area contributed by atoms with E-state index in [4.69, 9.17) is 9.47 Å². The van der Waals surface area contributed by atoms with Crippen LogP contribution in [0, 0.1) is 6.92 Å². The molecule has 84 valence electrons. The van der Waals surface area contributed by atoms with Crippen LogP contribution in [0.2, 0.25) is 0 Å². The summed E-state index contributed by atoms with van der Waals surface area (Å²) in [4.78, 5) is 13.2. The van der Waals surface area contributed by atoms with Crippen LogP contribution in [0.4, 0.5) is 0 Å². The van der Waals surface area contributed by atoms with Crippen molar-refractivity contribution in [1.82, 2.24) is 0 Å². The molecule has 0 fully saturated rings. The molecule has 0 aliphatic heterocycles. The van der Waals surface area contributed by atoms with E-state index in [9.17, 15) is 4.79 Å². The van der Waals surface area contributed by atoms with Gasteiger partial charge >= 0.3 is 5.97 Å². The summed E-state index contributed by atoms with van der Waals surface area (Å²) in [6, 6.07) is 3.69. The molecule has 3 nitrogen and oxygen atoms in total. The van der Waals surface area contributed by atoms with Crippen LogP contribution in [0.1, 0.15) is 28.4 Å². The van der Waals surface area contributed by atoms with Crippen molar-refractivity contribution in [2.45, 2.75) is 26.9 Å². The van der Waals surface area contributed by atoms with Gasteiger partial charge in [0.15, 0.2) is 0 Å². The van der Waals surface area contributed by atoms with Crippen LogP contribution >= 0.6 is 11.3 Å². The van der Waals surface area contributed by atoms with Crippen molar-refractivity contribution in [1.29, 1.82) is 0 Å². The van der Waals surface area contributed by atoms with Crippen molar-refractivity contribution in [2.75, 3.05) is 13.2 Å². The molecule has 0 aliphatic carbocycles. The Bertz CT molecular complexity index is 317. The van der Waals surface area contributed by atoms with Gasteiger partial charge in [-0.1, -0.05) is 0 Å². The quantitative estimate of drug-likeness (QED) is 0.574. The number of aryl methyl sites for hydroxylation is 1. The fraction of sp³-hybridized carbons (Fsp3) is 0.545. The molecule has 0 aliphatic rings. The molecule has 0 N–H and O–H groups in total. The first-order valence-corrected chi connectivity index (χ1v) is 5.76. The Balaban J connectivity index is 2.25. The summed E-state index contributed by atoms with van der Waals surface area (Å²) in [5.41, 5.74) is 0. The first-order valence-electron chi connectivity index (χ1n) is 4.94. The molecule has 0 saturated heterocycles. The second kappa shape index (κ2) is 5.88. The molecule has 4 heteroatoms. The van der Waals surface area contributed by atoms with Gasteiger partial charge in [-0.3, -0.25) is 0 Å². The second-order valence-electron chi connectivity index (χ2n) is 3.47. The van der Waals surface area contributed by atoms with Crippen molar-refractivity contribution >= 4 is 17.3 Å². The summed E-state index contributed by atoms with van der Waals surface area (Å²) in [6.07, 6.45) is 0.174. The summed E-state index contributed by atoms with van der Waals surface area (Å²) in [5.74, 6) is -0.263. The molecule has 0 saturated carbocycles. The van der Waals surface area contributed by atoms with E-state index in [1.807, 2.05) is 26.8 Å². The van der Waals surface area contributed by atoms with Gasteiger partial charge in [-0.05, 0) is 32.9 Å². The topological polar surface area (TPSA) is 35.5 Å². The molecule has 1 aromatic rings. The van der Waals surface area contributed by atoms with Gasteiger partial charge in [-0.15, -0.1) is 11.3 Å². The number of hydrogen-bond acceptors (Lipinski definition) is 4. The molecule has 0 atom stereocenters. The van der Waals surface area contributed by atoms with Gasteiger partial charge in [0.25, 0.3) is 0 Å². The zero-order valence-corrected chi connectivity index (χ0v) is 10.1. The maximum atomic E-state index is 11.4. The van der Waals surface area contributed by atoms with Gasteiger partial charge in [0.05, 0.1) is 12.7 Å². The average Bonchev–Trinajstić information content (AvgIpc) is 2.59. The first kappa shape index (κ1) is 12.2. The number of carbonyl (C=O) groups is 1. The molecule has 0 amide bonds. The van der Waals surface area contributed by atoms with Crippen LogP contribution in [0.15, 0.2) is 12.1 Å². The van der Waals surface area contributed by atoms with E-state index in [1.54, 1.807) is 6.07 Å². The molecule has 0 spiro atoms. The third-order valence-electron chi connectivity index (χ3n) is 1.71. The molecule has 0 aromatic carbocycles. The van der Waals surface area contributed by atoms with E-state index in [0.717, 1.165) is 4.88 Å². The number of thiophene rings is 1. The summed E-state index contributed by atoms with van der Waals surface area (Å²) >= 11 is 1.44. The van der Waals surface area contributed by atoms with Gasteiger partial charge in [0.1, 0.15) is 11.5 Å². The monoisotopic (exact) mass is 228 g/mol. The number of esters is 1. The third-order valence-corrected chi connectivity index (χ3v) is 2.69. The maximum Gasteiger partial charge on any atom is 0.348 e. The standard InChI is InChI=1S/C11H16O3S/c1-8(2)13-6-7-14-11(12)10-5-4-9(3)15-10/h4-5,8H,6-7H2,1-3H3. The Kier molecular flexibility index (Phi) is 4.78. The fourth-order valence-corrected chi connectivity index (χ4v) is 1.79. The summed E-state index contributed by atoms with van der Waals surface area (Å²) in [7, 11) is 0. The Morgan fingerprint density at radius 3 is 2.67 bits per heavy atom. The third kappa shape index (κ3) is 4.44. The number of carbonyl (C=O) groups excluding carboxylic acids is 1. The van der Waals surface area contributed by atoms with Gasteiger partial charge in [0.2, 0.25) is 0 Å². The molecule has 0 unspecified atom stereocenters. The van der Waals surface area contributed by atoms with Crippen molar-refractivity contribution < 1.29 is 14.3 Å². The summed E-state index contributed by atoms with van der Waals surface area (Å²) in [5, 5.41) is 0. The first-order chi connectivity index (χ1) is 7.09. The zero-order chi connectivity index (χ0) is 11.3. The van der Waals surface area contributed by atoms with Crippen molar-refractivity contribution in [2.24, 2.45) is 0 Å². The fourth-order valence-electron chi connectivity index (χ4n) is 1.03. The van der Waals surface area contributed by atoms with Crippen LogP contribution in [0.25, 0.3) is 0 Å². The molecule has 0 bridgehead atoms. The molecule has 1 rings (SSSR count). The van der Waals surface area contributed by atoms with E-state index >= 15 is 0 Å². The van der Waals surface area contributed by atoms with Crippen LogP contribution in [-0.4, -0.2) is 25.3 Å². The molecule has 1 heterocycles. The largest absolute Gasteiger partial charge is 0.459 e. The van der Waals surface area contributed by atoms with Crippen molar-refractivity contribution in [3.8, 4) is 0 Å². The number of hydrogen-bond donors (Lipinski definition) is 0. The predicted octanol–water partition coefficient (Wildman–Crippen LogP) is 2.64. The van der Waals surface area contributed by atoms with Gasteiger partial charge in [-0.25, -0.2) is 4.79 Å². The normalized spacial score (nSPS) is 10.7. The minimum absolute atomic E-state index is 0.174. The molecular formula is C11H16O3S. The lowest BCUT2D eigenvalue weighted by molar-refractivity contribution is 0.0180. The lowest BCUT2D eigenvalue weighted by Gasteiger charge is -2.07. The van der Waals surface area contributed by atoms with Crippen LogP contribution in [-0.2, 0) is 9.47 Å². The smallest absolute Gasteiger partial charge is 0.348 e. The highest BCUT2D eigenvalue weighted by molar-refractivity contribution is 7.13. The molecular weight excluding hydrogens is 212 g/mol. The van der Waals surface area contributed by atoms with Gasteiger partial charge in [-0.2, -0.15) is 0 Å². The maximum absolute atomic E-state index is 11.4. The van der Waals surface area contributed by atoms with E-state index in [1.165, 1.54) is 11.3 Å². The molecule has 15 heavy (non-hydrogen) atoms. The van der Waals surface area contributed by atoms with E-state index in [0.29, 0.717) is 18.1 Å². The minimum Gasteiger partial charge on any atom is -0.459 e. The molecule has 0 radical (unpaired) electrons. The van der Waals surface area contributed by atoms with Gasteiger partial charge in [0, 0.05) is 4.88 Å². The van der Waals surface area contributed by atoms with E-state index in [2.05, 4.69) is 0 Å². The minimum atomic E-state index is -0.263. The van der Waals surface area contributed by atoms with Gasteiger partial charge < -0.3 is 9.47 Å². The number of ether oxygens (including phenoxy) is 2. The highest BCUT2D eigenvalue weighted by Crippen LogP contribution is 2.15. The van der Waals surface area contributed by atoms with Crippen molar-refractivity contribution in [3.05, 3.63) is 21.9 Å². The lowest BCUT2D eigenvalue weighted by Crippen LogP contribution is -2.12. The summed E-state index contributed by atoms with van der Waals surface area (Å²) < 4.78 is 10.3. The predicted molar refractivity (Wildman–Crippen MR) is 60.4 cm³/mol. The second-order valence-corrected chi connectivity index (χ2v) is 4.75. The van der Waals surface area contributed by atoms with Crippen LogP contribution in [0.3, 0.4) is 0 Å². The number of rotatable bonds is 5. The Morgan fingerprint density at radius 1 is 1.40 bits per heavy atom. The summed E-state index contributed by atoms with van der Waals surface area (Å²) in [6.45, 7) is 6.62. The molecule has 1 aromatic heterocycles. The highest BCUT2D eigenvalue weighted by atomic mass is 32.1. The van der Waals surface area contributed by atoms with E-state index < -0.39 is 0 Å². The lowest BCUT2D eigenvalue weighted by atomic mass is 10.4.